The van der Waals surface area contributed by atoms with E-state index in [0.29, 0.717) is 0 Å². The van der Waals surface area contributed by atoms with Gasteiger partial charge < -0.3 is 10.2 Å². The Kier molecular flexibility index (Phi) is 5.73. The lowest BCUT2D eigenvalue weighted by molar-refractivity contribution is 0.0786. The summed E-state index contributed by atoms with van der Waals surface area (Å²) in [5.74, 6) is 0. The van der Waals surface area contributed by atoms with Crippen LogP contribution in [0.2, 0.25) is 0 Å². The number of rotatable bonds is 2. The van der Waals surface area contributed by atoms with Gasteiger partial charge in [0.25, 0.3) is 0 Å². The van der Waals surface area contributed by atoms with E-state index >= 15 is 0 Å². The van der Waals surface area contributed by atoms with Gasteiger partial charge in [0.1, 0.15) is 0 Å². The minimum atomic E-state index is -0.707. The summed E-state index contributed by atoms with van der Waals surface area (Å²) in [6, 6.07) is 9.62. The van der Waals surface area contributed by atoms with E-state index in [0.717, 1.165) is 24.0 Å². The molecule has 1 aliphatic carbocycles. The molecule has 1 aromatic rings. The maximum atomic E-state index is 9.52. The molecule has 0 radical (unpaired) electrons. The molecule has 0 heterocycles. The molecule has 0 saturated heterocycles. The lowest BCUT2D eigenvalue weighted by atomic mass is 9.93. The molecule has 1 aliphatic rings. The monoisotopic (exact) mass is 274 g/mol. The third-order valence-electron chi connectivity index (χ3n) is 3.18. The van der Waals surface area contributed by atoms with Crippen molar-refractivity contribution in [3.05, 3.63) is 59.7 Å². The summed E-state index contributed by atoms with van der Waals surface area (Å²) in [7, 11) is 0. The van der Waals surface area contributed by atoms with E-state index in [9.17, 15) is 10.2 Å². The Morgan fingerprint density at radius 2 is 1.45 bits per heavy atom. The Morgan fingerprint density at radius 3 is 1.75 bits per heavy atom. The molecule has 110 valence electrons. The first kappa shape index (κ1) is 16.7. The van der Waals surface area contributed by atoms with Crippen LogP contribution in [-0.2, 0) is 5.60 Å². The highest BCUT2D eigenvalue weighted by molar-refractivity contribution is 5.29. The smallest absolute Gasteiger partial charge is 0.0840 e. The summed E-state index contributed by atoms with van der Waals surface area (Å²) < 4.78 is 0. The van der Waals surface area contributed by atoms with Crippen LogP contribution in [0.3, 0.4) is 0 Å². The highest BCUT2D eigenvalue weighted by Gasteiger charge is 2.17. The van der Waals surface area contributed by atoms with Gasteiger partial charge in [0.05, 0.1) is 11.2 Å². The highest BCUT2D eigenvalue weighted by Crippen LogP contribution is 2.21. The predicted molar refractivity (Wildman–Crippen MR) is 84.4 cm³/mol. The second kappa shape index (κ2) is 6.87. The van der Waals surface area contributed by atoms with Crippen LogP contribution in [0.4, 0.5) is 0 Å². The summed E-state index contributed by atoms with van der Waals surface area (Å²) in [6.45, 7) is 7.19. The Balaban J connectivity index is 0.000000200. The molecule has 2 nitrogen and oxygen atoms in total. The Bertz CT molecular complexity index is 456. The molecule has 2 N–H and O–H groups in total. The van der Waals surface area contributed by atoms with Crippen LogP contribution in [0, 0.1) is 0 Å². The first-order chi connectivity index (χ1) is 9.21. The average Bonchev–Trinajstić information content (AvgIpc) is 2.40. The Labute approximate surface area is 122 Å². The maximum Gasteiger partial charge on any atom is 0.0840 e. The van der Waals surface area contributed by atoms with E-state index in [2.05, 4.69) is 12.2 Å². The van der Waals surface area contributed by atoms with E-state index in [-0.39, 0.29) is 0 Å². The number of hydrogen-bond acceptors (Lipinski definition) is 2. The van der Waals surface area contributed by atoms with Gasteiger partial charge in [0.2, 0.25) is 0 Å². The fourth-order valence-corrected chi connectivity index (χ4v) is 1.91. The molecule has 0 aliphatic heterocycles. The van der Waals surface area contributed by atoms with Crippen LogP contribution in [0.25, 0.3) is 0 Å². The van der Waals surface area contributed by atoms with Gasteiger partial charge in [-0.3, -0.25) is 0 Å². The molecular formula is C18H26O2. The Morgan fingerprint density at radius 1 is 0.850 bits per heavy atom. The summed E-state index contributed by atoms with van der Waals surface area (Å²) in [4.78, 5) is 0. The lowest BCUT2D eigenvalue weighted by Crippen LogP contribution is -2.21. The topological polar surface area (TPSA) is 40.5 Å². The van der Waals surface area contributed by atoms with Crippen molar-refractivity contribution in [2.75, 3.05) is 0 Å². The van der Waals surface area contributed by atoms with Crippen molar-refractivity contribution >= 4 is 0 Å². The molecular weight excluding hydrogens is 248 g/mol. The SMILES string of the molecule is CC(C)(O)C1=CCCC=C1.CC(C)(O)c1ccccc1. The fraction of sp³-hybridized carbons (Fsp3) is 0.444. The summed E-state index contributed by atoms with van der Waals surface area (Å²) in [5, 5.41) is 19.0. The van der Waals surface area contributed by atoms with Gasteiger partial charge in [-0.15, -0.1) is 0 Å². The molecule has 0 atom stereocenters. The molecule has 0 saturated carbocycles. The van der Waals surface area contributed by atoms with Crippen molar-refractivity contribution in [1.82, 2.24) is 0 Å². The first-order valence-corrected chi connectivity index (χ1v) is 7.09. The minimum Gasteiger partial charge on any atom is -0.386 e. The van der Waals surface area contributed by atoms with Crippen molar-refractivity contribution in [1.29, 1.82) is 0 Å². The van der Waals surface area contributed by atoms with Gasteiger partial charge in [0.15, 0.2) is 0 Å². The van der Waals surface area contributed by atoms with Gasteiger partial charge in [-0.2, -0.15) is 0 Å². The molecule has 0 amide bonds. The largest absolute Gasteiger partial charge is 0.386 e. The zero-order chi connectivity index (χ0) is 15.2. The van der Waals surface area contributed by atoms with Crippen LogP contribution >= 0.6 is 0 Å². The number of benzene rings is 1. The molecule has 0 bridgehead atoms. The van der Waals surface area contributed by atoms with Crippen molar-refractivity contribution in [3.63, 3.8) is 0 Å². The van der Waals surface area contributed by atoms with Crippen LogP contribution in [0.15, 0.2) is 54.1 Å². The molecule has 2 heteroatoms. The van der Waals surface area contributed by atoms with Gasteiger partial charge >= 0.3 is 0 Å². The van der Waals surface area contributed by atoms with E-state index in [1.54, 1.807) is 13.8 Å². The third kappa shape index (κ3) is 5.72. The number of hydrogen-bond donors (Lipinski definition) is 2. The van der Waals surface area contributed by atoms with Crippen molar-refractivity contribution < 1.29 is 10.2 Å². The lowest BCUT2D eigenvalue weighted by Gasteiger charge is -2.20. The van der Waals surface area contributed by atoms with E-state index in [1.165, 1.54) is 0 Å². The fourth-order valence-electron chi connectivity index (χ4n) is 1.91. The van der Waals surface area contributed by atoms with Gasteiger partial charge in [-0.1, -0.05) is 48.6 Å². The number of allylic oxidation sites excluding steroid dienone is 2. The van der Waals surface area contributed by atoms with Gasteiger partial charge in [-0.05, 0) is 51.7 Å². The van der Waals surface area contributed by atoms with Crippen LogP contribution in [0.1, 0.15) is 46.1 Å². The quantitative estimate of drug-likeness (QED) is 0.857. The summed E-state index contributed by atoms with van der Waals surface area (Å²) in [6.07, 6.45) is 8.38. The van der Waals surface area contributed by atoms with E-state index in [4.69, 9.17) is 0 Å². The Hall–Kier alpha value is -1.38. The van der Waals surface area contributed by atoms with Crippen LogP contribution in [-0.4, -0.2) is 15.8 Å². The van der Waals surface area contributed by atoms with Crippen LogP contribution in [0.5, 0.6) is 0 Å². The van der Waals surface area contributed by atoms with Crippen LogP contribution < -0.4 is 0 Å². The van der Waals surface area contributed by atoms with Crippen molar-refractivity contribution in [2.45, 2.75) is 51.7 Å². The second-order valence-corrected chi connectivity index (χ2v) is 6.12. The van der Waals surface area contributed by atoms with E-state index in [1.807, 2.05) is 50.3 Å². The molecule has 0 unspecified atom stereocenters. The zero-order valence-corrected chi connectivity index (χ0v) is 12.9. The first-order valence-electron chi connectivity index (χ1n) is 7.09. The number of aliphatic hydroxyl groups is 2. The zero-order valence-electron chi connectivity index (χ0n) is 12.9. The van der Waals surface area contributed by atoms with Crippen molar-refractivity contribution in [3.8, 4) is 0 Å². The molecule has 0 spiro atoms. The molecule has 0 aromatic heterocycles. The molecule has 1 aromatic carbocycles. The minimum absolute atomic E-state index is 0.656. The highest BCUT2D eigenvalue weighted by atomic mass is 16.3. The average molecular weight is 274 g/mol. The third-order valence-corrected chi connectivity index (χ3v) is 3.18. The summed E-state index contributed by atoms with van der Waals surface area (Å²) >= 11 is 0. The molecule has 20 heavy (non-hydrogen) atoms. The van der Waals surface area contributed by atoms with E-state index < -0.39 is 11.2 Å². The normalized spacial score (nSPS) is 15.2. The van der Waals surface area contributed by atoms with Gasteiger partial charge in [0, 0.05) is 0 Å². The van der Waals surface area contributed by atoms with Gasteiger partial charge in [-0.25, -0.2) is 0 Å². The summed E-state index contributed by atoms with van der Waals surface area (Å²) in [5.41, 5.74) is 0.631. The standard InChI is InChI=1S/C9H14O.C9H12O/c2*1-9(2,10)8-6-4-3-5-7-8/h4,6-7,10H,3,5H2,1-2H3;3-7,10H,1-2H3. The predicted octanol–water partition coefficient (Wildman–Crippen LogP) is 3.95. The molecule has 2 rings (SSSR count). The second-order valence-electron chi connectivity index (χ2n) is 6.12. The molecule has 0 fully saturated rings. The maximum absolute atomic E-state index is 9.52. The van der Waals surface area contributed by atoms with Crippen molar-refractivity contribution in [2.24, 2.45) is 0 Å².